The van der Waals surface area contributed by atoms with Gasteiger partial charge in [-0.3, -0.25) is 0 Å². The Labute approximate surface area is 93.6 Å². The summed E-state index contributed by atoms with van der Waals surface area (Å²) in [5, 5.41) is 4.33. The molecule has 5 saturated carbocycles. The summed E-state index contributed by atoms with van der Waals surface area (Å²) in [6.07, 6.45) is 2.90. The Bertz CT molecular complexity index is 440. The standard InChI is InChI=1S/C12H15N3O/c13-12(16)15-14-11-8-4-2-5-7-3(4)1-6(8)9(7)10(5)11/h3-10H,1-2H2,(H3,13,15,16)/b14-11-/t3-,4-,5+,6+,7+,8-,9+,10-/m1/s1. The number of nitrogens with zero attached hydrogens (tertiary/aromatic N) is 1. The lowest BCUT2D eigenvalue weighted by molar-refractivity contribution is 0.0503. The number of primary amides is 1. The smallest absolute Gasteiger partial charge is 0.332 e. The van der Waals surface area contributed by atoms with Crippen molar-refractivity contribution >= 4 is 11.7 Å². The van der Waals surface area contributed by atoms with Crippen LogP contribution in [0.5, 0.6) is 0 Å². The van der Waals surface area contributed by atoms with E-state index in [-0.39, 0.29) is 0 Å². The molecule has 84 valence electrons. The molecule has 0 aromatic carbocycles. The van der Waals surface area contributed by atoms with Crippen LogP contribution >= 0.6 is 0 Å². The molecular formula is C12H15N3O. The maximum absolute atomic E-state index is 10.8. The van der Waals surface area contributed by atoms with Gasteiger partial charge >= 0.3 is 6.03 Å². The van der Waals surface area contributed by atoms with Gasteiger partial charge in [-0.1, -0.05) is 0 Å². The molecule has 0 aromatic rings. The largest absolute Gasteiger partial charge is 0.350 e. The van der Waals surface area contributed by atoms with Gasteiger partial charge in [0.2, 0.25) is 0 Å². The minimum absolute atomic E-state index is 0.522. The van der Waals surface area contributed by atoms with Crippen molar-refractivity contribution in [2.24, 2.45) is 58.2 Å². The van der Waals surface area contributed by atoms with Gasteiger partial charge < -0.3 is 5.73 Å². The molecule has 5 fully saturated rings. The summed E-state index contributed by atoms with van der Waals surface area (Å²) in [4.78, 5) is 10.8. The molecule has 0 aromatic heterocycles. The van der Waals surface area contributed by atoms with Gasteiger partial charge in [-0.15, -0.1) is 0 Å². The Morgan fingerprint density at radius 2 is 1.88 bits per heavy atom. The van der Waals surface area contributed by atoms with Crippen LogP contribution in [0.4, 0.5) is 4.79 Å². The Morgan fingerprint density at radius 1 is 1.12 bits per heavy atom. The van der Waals surface area contributed by atoms with Crippen LogP contribution in [0.15, 0.2) is 5.10 Å². The normalized spacial score (nSPS) is 64.4. The van der Waals surface area contributed by atoms with Crippen molar-refractivity contribution in [3.63, 3.8) is 0 Å². The summed E-state index contributed by atoms with van der Waals surface area (Å²) in [5.41, 5.74) is 8.87. The summed E-state index contributed by atoms with van der Waals surface area (Å²) in [5.74, 6) is 7.16. The summed E-state index contributed by atoms with van der Waals surface area (Å²) in [6.45, 7) is 0. The lowest BCUT2D eigenvalue weighted by atomic mass is 9.59. The molecule has 0 radical (unpaired) electrons. The number of urea groups is 1. The number of rotatable bonds is 1. The molecule has 16 heavy (non-hydrogen) atoms. The van der Waals surface area contributed by atoms with Gasteiger partial charge in [-0.2, -0.15) is 5.10 Å². The third-order valence-electron chi connectivity index (χ3n) is 6.34. The molecule has 0 saturated heterocycles. The first kappa shape index (κ1) is 8.09. The van der Waals surface area contributed by atoms with Crippen molar-refractivity contribution < 1.29 is 4.79 Å². The quantitative estimate of drug-likeness (QED) is 0.626. The van der Waals surface area contributed by atoms with E-state index in [4.69, 9.17) is 5.73 Å². The highest BCUT2D eigenvalue weighted by Gasteiger charge is 2.79. The lowest BCUT2D eigenvalue weighted by Crippen LogP contribution is -2.44. The van der Waals surface area contributed by atoms with Gasteiger partial charge in [0, 0.05) is 17.5 Å². The Kier molecular flexibility index (Phi) is 1.09. The van der Waals surface area contributed by atoms with Gasteiger partial charge in [0.05, 0.1) is 0 Å². The number of nitrogens with two attached hydrogens (primary N) is 1. The third-order valence-corrected chi connectivity index (χ3v) is 6.34. The van der Waals surface area contributed by atoms with Gasteiger partial charge in [-0.25, -0.2) is 10.2 Å². The molecule has 5 aliphatic carbocycles. The lowest BCUT2D eigenvalue weighted by Gasteiger charge is -2.44. The molecule has 2 amide bonds. The summed E-state index contributed by atoms with van der Waals surface area (Å²) >= 11 is 0. The highest BCUT2D eigenvalue weighted by molar-refractivity contribution is 5.96. The zero-order chi connectivity index (χ0) is 10.6. The molecule has 0 spiro atoms. The van der Waals surface area contributed by atoms with Crippen molar-refractivity contribution in [2.45, 2.75) is 12.8 Å². The van der Waals surface area contributed by atoms with E-state index < -0.39 is 6.03 Å². The van der Waals surface area contributed by atoms with Crippen molar-refractivity contribution in [3.8, 4) is 0 Å². The second-order valence-corrected chi connectivity index (χ2v) is 6.35. The van der Waals surface area contributed by atoms with Crippen molar-refractivity contribution in [3.05, 3.63) is 0 Å². The number of carbonyl (C=O) groups excluding carboxylic acids is 1. The molecule has 4 nitrogen and oxygen atoms in total. The van der Waals surface area contributed by atoms with E-state index in [9.17, 15) is 4.79 Å². The highest BCUT2D eigenvalue weighted by Crippen LogP contribution is 2.81. The van der Waals surface area contributed by atoms with E-state index >= 15 is 0 Å². The van der Waals surface area contributed by atoms with E-state index in [1.807, 2.05) is 0 Å². The van der Waals surface area contributed by atoms with Crippen LogP contribution in [-0.4, -0.2) is 11.7 Å². The van der Waals surface area contributed by atoms with Crippen LogP contribution in [0.1, 0.15) is 12.8 Å². The van der Waals surface area contributed by atoms with Crippen molar-refractivity contribution in [1.29, 1.82) is 0 Å². The van der Waals surface area contributed by atoms with Crippen LogP contribution in [0.25, 0.3) is 0 Å². The van der Waals surface area contributed by atoms with Crippen LogP contribution in [0.3, 0.4) is 0 Å². The molecule has 4 heteroatoms. The molecule has 3 N–H and O–H groups in total. The Balaban J connectivity index is 1.60. The zero-order valence-electron chi connectivity index (χ0n) is 8.97. The molecule has 0 heterocycles. The minimum atomic E-state index is -0.522. The second-order valence-electron chi connectivity index (χ2n) is 6.35. The van der Waals surface area contributed by atoms with Crippen molar-refractivity contribution in [2.75, 3.05) is 0 Å². The molecule has 5 aliphatic rings. The van der Waals surface area contributed by atoms with Gasteiger partial charge in [0.15, 0.2) is 0 Å². The average Bonchev–Trinajstić information content (AvgIpc) is 2.72. The number of hydrogen-bond donors (Lipinski definition) is 2. The third kappa shape index (κ3) is 0.590. The van der Waals surface area contributed by atoms with Gasteiger partial charge in [-0.05, 0) is 48.3 Å². The first-order valence-corrected chi connectivity index (χ1v) is 6.40. The maximum Gasteiger partial charge on any atom is 0.332 e. The van der Waals surface area contributed by atoms with Crippen molar-refractivity contribution in [1.82, 2.24) is 5.43 Å². The number of amides is 2. The van der Waals surface area contributed by atoms with E-state index in [1.54, 1.807) is 0 Å². The van der Waals surface area contributed by atoms with Crippen LogP contribution in [0, 0.1) is 47.3 Å². The van der Waals surface area contributed by atoms with E-state index in [2.05, 4.69) is 10.5 Å². The SMILES string of the molecule is NC(=O)N/N=C1/[C@@H]2[C@@H]3C[C@@H]4[C@@H]1[C@H]1[C@H]2C[C@H]3[C@@H]41. The topological polar surface area (TPSA) is 67.5 Å². The van der Waals surface area contributed by atoms with Gasteiger partial charge in [0.1, 0.15) is 0 Å². The first-order valence-electron chi connectivity index (χ1n) is 6.40. The first-order chi connectivity index (χ1) is 7.77. The maximum atomic E-state index is 10.8. The van der Waals surface area contributed by atoms with Crippen LogP contribution in [-0.2, 0) is 0 Å². The number of nitrogens with one attached hydrogen (secondary N) is 1. The number of hydrazone groups is 1. The Hall–Kier alpha value is -1.06. The average molecular weight is 217 g/mol. The minimum Gasteiger partial charge on any atom is -0.350 e. The Morgan fingerprint density at radius 3 is 2.69 bits per heavy atom. The molecule has 0 aliphatic heterocycles. The molecule has 5 rings (SSSR count). The highest BCUT2D eigenvalue weighted by atomic mass is 16.2. The molecular weight excluding hydrogens is 202 g/mol. The van der Waals surface area contributed by atoms with E-state index in [1.165, 1.54) is 18.6 Å². The van der Waals surface area contributed by atoms with Crippen LogP contribution < -0.4 is 11.2 Å². The monoisotopic (exact) mass is 217 g/mol. The van der Waals surface area contributed by atoms with Crippen LogP contribution in [0.2, 0.25) is 0 Å². The van der Waals surface area contributed by atoms with E-state index in [0.29, 0.717) is 5.92 Å². The molecule has 8 atom stereocenters. The predicted molar refractivity (Wildman–Crippen MR) is 57.3 cm³/mol. The number of carbonyl (C=O) groups is 1. The molecule has 2 bridgehead atoms. The fraction of sp³-hybridized carbons (Fsp3) is 0.833. The predicted octanol–water partition coefficient (Wildman–Crippen LogP) is 0.788. The fourth-order valence-electron chi connectivity index (χ4n) is 6.40. The fourth-order valence-corrected chi connectivity index (χ4v) is 6.40. The summed E-state index contributed by atoms with van der Waals surface area (Å²) < 4.78 is 0. The zero-order valence-corrected chi connectivity index (χ0v) is 8.97. The van der Waals surface area contributed by atoms with E-state index in [0.717, 1.165) is 41.4 Å². The number of hydrogen-bond acceptors (Lipinski definition) is 2. The van der Waals surface area contributed by atoms with Gasteiger partial charge in [0.25, 0.3) is 0 Å². The number of fused-ring (bicyclic) bond motifs is 2. The summed E-state index contributed by atoms with van der Waals surface area (Å²) in [7, 11) is 0. The summed E-state index contributed by atoms with van der Waals surface area (Å²) in [6, 6.07) is -0.522. The second kappa shape index (κ2) is 2.15. The molecule has 0 unspecified atom stereocenters.